The lowest BCUT2D eigenvalue weighted by Crippen LogP contribution is -2.20. The Hall–Kier alpha value is -1.59. The average molecular weight is 293 g/mol. The predicted molar refractivity (Wildman–Crippen MR) is 81.9 cm³/mol. The van der Waals surface area contributed by atoms with Crippen LogP contribution in [0.15, 0.2) is 17.1 Å². The molecule has 0 amide bonds. The summed E-state index contributed by atoms with van der Waals surface area (Å²) in [6, 6.07) is 4.21. The smallest absolute Gasteiger partial charge is 0.161 e. The van der Waals surface area contributed by atoms with Gasteiger partial charge in [0.05, 0.1) is 26.4 Å². The molecule has 5 heteroatoms. The normalized spacial score (nSPS) is 16.6. The van der Waals surface area contributed by atoms with E-state index in [9.17, 15) is 0 Å². The topological polar surface area (TPSA) is 49.3 Å². The molecule has 0 bridgehead atoms. The minimum atomic E-state index is 0.178. The van der Waals surface area contributed by atoms with Crippen LogP contribution in [0.4, 0.5) is 0 Å². The monoisotopic (exact) mass is 293 g/mol. The number of rotatable bonds is 8. The molecule has 0 saturated heterocycles. The minimum absolute atomic E-state index is 0.178. The van der Waals surface area contributed by atoms with Gasteiger partial charge < -0.3 is 18.9 Å². The molecule has 0 N–H and O–H groups in total. The van der Waals surface area contributed by atoms with Crippen molar-refractivity contribution < 1.29 is 18.9 Å². The number of benzene rings is 1. The molecule has 1 aromatic carbocycles. The lowest BCUT2D eigenvalue weighted by molar-refractivity contribution is 0.170. The standard InChI is InChI=1S/C16H23NO4/c1-18-5-4-6-21-16-8-12-7-14(11-19-2)17-10-13(12)9-15(16)20-3/h8-10,14H,4-7,11H2,1-3H3/t14-/m1/s1. The van der Waals surface area contributed by atoms with Gasteiger partial charge in [0.25, 0.3) is 0 Å². The largest absolute Gasteiger partial charge is 0.493 e. The summed E-state index contributed by atoms with van der Waals surface area (Å²) in [4.78, 5) is 4.49. The number of ether oxygens (including phenoxy) is 4. The molecule has 1 aliphatic rings. The lowest BCUT2D eigenvalue weighted by atomic mass is 9.97. The molecule has 1 heterocycles. The highest BCUT2D eigenvalue weighted by Gasteiger charge is 2.18. The van der Waals surface area contributed by atoms with Crippen LogP contribution >= 0.6 is 0 Å². The van der Waals surface area contributed by atoms with Gasteiger partial charge in [-0.1, -0.05) is 0 Å². The zero-order valence-corrected chi connectivity index (χ0v) is 12.9. The van der Waals surface area contributed by atoms with E-state index in [-0.39, 0.29) is 6.04 Å². The predicted octanol–water partition coefficient (Wildman–Crippen LogP) is 2.10. The van der Waals surface area contributed by atoms with E-state index in [2.05, 4.69) is 11.1 Å². The minimum Gasteiger partial charge on any atom is -0.493 e. The molecular formula is C16H23NO4. The second-order valence-electron chi connectivity index (χ2n) is 4.99. The molecule has 21 heavy (non-hydrogen) atoms. The number of methoxy groups -OCH3 is 3. The number of hydrogen-bond acceptors (Lipinski definition) is 5. The van der Waals surface area contributed by atoms with Crippen molar-refractivity contribution in [1.29, 1.82) is 0 Å². The zero-order chi connectivity index (χ0) is 15.1. The average Bonchev–Trinajstić information content (AvgIpc) is 2.51. The Morgan fingerprint density at radius 1 is 1.10 bits per heavy atom. The van der Waals surface area contributed by atoms with E-state index in [1.807, 2.05) is 12.3 Å². The first-order chi connectivity index (χ1) is 10.3. The fraction of sp³-hybridized carbons (Fsp3) is 0.562. The summed E-state index contributed by atoms with van der Waals surface area (Å²) in [5, 5.41) is 0. The molecule has 1 aliphatic heterocycles. The molecule has 0 spiro atoms. The van der Waals surface area contributed by atoms with Crippen molar-refractivity contribution in [3.8, 4) is 11.5 Å². The molecule has 0 fully saturated rings. The van der Waals surface area contributed by atoms with E-state index in [1.165, 1.54) is 5.56 Å². The molecule has 0 aliphatic carbocycles. The SMILES string of the molecule is COCCCOc1cc2c(cc1OC)C=N[C@@H](COC)C2. The molecule has 2 rings (SSSR count). The van der Waals surface area contributed by atoms with Gasteiger partial charge in [-0.05, 0) is 29.7 Å². The second-order valence-corrected chi connectivity index (χ2v) is 4.99. The molecule has 0 aromatic heterocycles. The highest BCUT2D eigenvalue weighted by molar-refractivity contribution is 5.84. The number of fused-ring (bicyclic) bond motifs is 1. The molecule has 1 atom stereocenters. The summed E-state index contributed by atoms with van der Waals surface area (Å²) in [5.74, 6) is 1.52. The maximum Gasteiger partial charge on any atom is 0.161 e. The molecule has 5 nitrogen and oxygen atoms in total. The van der Waals surface area contributed by atoms with Crippen LogP contribution in [0.25, 0.3) is 0 Å². The van der Waals surface area contributed by atoms with Crippen molar-refractivity contribution in [2.45, 2.75) is 18.9 Å². The van der Waals surface area contributed by atoms with Gasteiger partial charge in [0, 0.05) is 33.5 Å². The molecular weight excluding hydrogens is 270 g/mol. The van der Waals surface area contributed by atoms with Crippen molar-refractivity contribution in [3.05, 3.63) is 23.3 Å². The van der Waals surface area contributed by atoms with E-state index in [1.54, 1.807) is 21.3 Å². The van der Waals surface area contributed by atoms with Crippen LogP contribution in [0.2, 0.25) is 0 Å². The summed E-state index contributed by atoms with van der Waals surface area (Å²) in [5.41, 5.74) is 2.30. The third kappa shape index (κ3) is 4.19. The molecule has 0 unspecified atom stereocenters. The summed E-state index contributed by atoms with van der Waals surface area (Å²) in [7, 11) is 5.04. The van der Waals surface area contributed by atoms with Crippen LogP contribution < -0.4 is 9.47 Å². The van der Waals surface area contributed by atoms with Crippen molar-refractivity contribution in [1.82, 2.24) is 0 Å². The van der Waals surface area contributed by atoms with Crippen molar-refractivity contribution in [2.24, 2.45) is 4.99 Å². The van der Waals surface area contributed by atoms with Gasteiger partial charge in [0.1, 0.15) is 0 Å². The lowest BCUT2D eigenvalue weighted by Gasteiger charge is -2.20. The van der Waals surface area contributed by atoms with Gasteiger partial charge in [0.15, 0.2) is 11.5 Å². The fourth-order valence-electron chi connectivity index (χ4n) is 2.36. The first kappa shape index (κ1) is 15.8. The summed E-state index contributed by atoms with van der Waals surface area (Å²) in [6.45, 7) is 1.93. The van der Waals surface area contributed by atoms with Crippen LogP contribution in [0.3, 0.4) is 0 Å². The van der Waals surface area contributed by atoms with Gasteiger partial charge in [0.2, 0.25) is 0 Å². The van der Waals surface area contributed by atoms with Crippen LogP contribution in [-0.4, -0.2) is 53.4 Å². The Morgan fingerprint density at radius 2 is 1.95 bits per heavy atom. The van der Waals surface area contributed by atoms with Gasteiger partial charge in [-0.15, -0.1) is 0 Å². The van der Waals surface area contributed by atoms with E-state index in [4.69, 9.17) is 18.9 Å². The maximum absolute atomic E-state index is 5.81. The summed E-state index contributed by atoms with van der Waals surface area (Å²) >= 11 is 0. The maximum atomic E-state index is 5.81. The highest BCUT2D eigenvalue weighted by Crippen LogP contribution is 2.32. The fourth-order valence-corrected chi connectivity index (χ4v) is 2.36. The third-order valence-corrected chi connectivity index (χ3v) is 3.41. The first-order valence-corrected chi connectivity index (χ1v) is 7.13. The highest BCUT2D eigenvalue weighted by atomic mass is 16.5. The van der Waals surface area contributed by atoms with Crippen molar-refractivity contribution in [2.75, 3.05) is 41.2 Å². The quantitative estimate of drug-likeness (QED) is 0.689. The van der Waals surface area contributed by atoms with Crippen LogP contribution in [0.5, 0.6) is 11.5 Å². The van der Waals surface area contributed by atoms with E-state index < -0.39 is 0 Å². The number of aliphatic imine (C=N–C) groups is 1. The summed E-state index contributed by atoms with van der Waals surface area (Å²) in [6.07, 6.45) is 3.60. The third-order valence-electron chi connectivity index (χ3n) is 3.41. The Morgan fingerprint density at radius 3 is 2.67 bits per heavy atom. The van der Waals surface area contributed by atoms with Gasteiger partial charge in [-0.2, -0.15) is 0 Å². The van der Waals surface area contributed by atoms with Crippen molar-refractivity contribution in [3.63, 3.8) is 0 Å². The van der Waals surface area contributed by atoms with E-state index in [0.717, 1.165) is 29.9 Å². The Labute approximate surface area is 125 Å². The van der Waals surface area contributed by atoms with Gasteiger partial charge in [-0.3, -0.25) is 4.99 Å². The molecule has 0 radical (unpaired) electrons. The Kier molecular flexibility index (Phi) is 6.02. The first-order valence-electron chi connectivity index (χ1n) is 7.13. The van der Waals surface area contributed by atoms with E-state index in [0.29, 0.717) is 19.8 Å². The zero-order valence-electron chi connectivity index (χ0n) is 12.9. The van der Waals surface area contributed by atoms with E-state index >= 15 is 0 Å². The Bertz CT molecular complexity index is 487. The molecule has 1 aromatic rings. The second kappa shape index (κ2) is 8.00. The van der Waals surface area contributed by atoms with Crippen LogP contribution in [-0.2, 0) is 15.9 Å². The molecule has 116 valence electrons. The van der Waals surface area contributed by atoms with Crippen LogP contribution in [0.1, 0.15) is 17.5 Å². The van der Waals surface area contributed by atoms with Crippen molar-refractivity contribution >= 4 is 6.21 Å². The number of hydrogen-bond donors (Lipinski definition) is 0. The van der Waals surface area contributed by atoms with Gasteiger partial charge in [-0.25, -0.2) is 0 Å². The summed E-state index contributed by atoms with van der Waals surface area (Å²) < 4.78 is 21.4. The van der Waals surface area contributed by atoms with Gasteiger partial charge >= 0.3 is 0 Å². The molecule has 0 saturated carbocycles. The number of nitrogens with zero attached hydrogens (tertiary/aromatic N) is 1. The Balaban J connectivity index is 2.11. The van der Waals surface area contributed by atoms with Crippen LogP contribution in [0, 0.1) is 0 Å².